The van der Waals surface area contributed by atoms with Crippen LogP contribution < -0.4 is 10.1 Å². The van der Waals surface area contributed by atoms with Crippen molar-refractivity contribution in [3.8, 4) is 5.75 Å². The second kappa shape index (κ2) is 21.3. The summed E-state index contributed by atoms with van der Waals surface area (Å²) in [4.78, 5) is 24.3. The molecule has 0 bridgehead atoms. The molecule has 1 aromatic rings. The molecule has 348 valence electrons. The Bertz CT molecular complexity index is 1540. The van der Waals surface area contributed by atoms with Crippen LogP contribution in [-0.2, 0) is 47.5 Å². The van der Waals surface area contributed by atoms with Gasteiger partial charge in [-0.05, 0) is 19.1 Å². The summed E-state index contributed by atoms with van der Waals surface area (Å²) < 4.78 is 52.4. The Morgan fingerprint density at radius 2 is 1.39 bits per heavy atom. The van der Waals surface area contributed by atoms with Gasteiger partial charge in [0.15, 0.2) is 12.6 Å². The number of hydrogen-bond donors (Lipinski definition) is 13. The Morgan fingerprint density at radius 3 is 1.98 bits per heavy atom. The van der Waals surface area contributed by atoms with Crippen molar-refractivity contribution < 1.29 is 113 Å². The minimum Gasteiger partial charge on any atom is -0.462 e. The molecule has 19 unspecified atom stereocenters. The molecule has 4 heterocycles. The van der Waals surface area contributed by atoms with E-state index in [-0.39, 0.29) is 12.2 Å². The standard InChI is InChI=1S/C37H57NO23/c1-14-4-6-17(7-5-14)54-35-28(51)27(50)31(21(11-41)56-35)58-36-29(52)33(61-37(53-13-43)8-18(45)15(2)30(60-37)24(47)19(46)9-39)32(22(12-42)57-36)59-34-23(38-16(3)44)26(49)25(48)20(10-40)55-34/h4-7,13,15,18-36,39-42,45-52H,8-12H2,1-3H3,(H,38,44)/t15?,18?,19-,20?,21?,22?,23?,24-,25?,26?,27?,28?,29?,30?,31?,32?,33?,34?,35?,36?,37?/m1/s1. The maximum atomic E-state index is 12.2. The SMILES string of the molecule is CC(=O)NC1C(OC2C(CO)OC(OC3C(CO)OC(Oc4ccc(C)cc4)C(O)C3O)C(O)C2OC2(OC=O)CC(O)C(C)C([C@H](O)[C@H](O)CO)O2)OC(CO)C(O)C1O. The van der Waals surface area contributed by atoms with Crippen molar-refractivity contribution in [3.05, 3.63) is 29.8 Å². The number of aliphatic hydroxyl groups is 12. The molecule has 61 heavy (non-hydrogen) atoms. The van der Waals surface area contributed by atoms with E-state index in [2.05, 4.69) is 5.32 Å². The number of carbonyl (C=O) groups excluding carboxylic acids is 2. The lowest BCUT2D eigenvalue weighted by atomic mass is 9.86. The third-order valence-corrected chi connectivity index (χ3v) is 11.1. The van der Waals surface area contributed by atoms with Gasteiger partial charge in [-0.3, -0.25) is 9.59 Å². The van der Waals surface area contributed by atoms with Crippen LogP contribution in [0.5, 0.6) is 5.75 Å². The Morgan fingerprint density at radius 1 is 0.803 bits per heavy atom. The van der Waals surface area contributed by atoms with Gasteiger partial charge in [-0.15, -0.1) is 0 Å². The smallest absolute Gasteiger partial charge is 0.332 e. The second-order valence-electron chi connectivity index (χ2n) is 15.4. The lowest BCUT2D eigenvalue weighted by molar-refractivity contribution is -0.454. The first-order valence-corrected chi connectivity index (χ1v) is 19.6. The van der Waals surface area contributed by atoms with Gasteiger partial charge in [0.05, 0.1) is 45.1 Å². The average Bonchev–Trinajstić information content (AvgIpc) is 3.23. The topological polar surface area (TPSA) is 372 Å². The summed E-state index contributed by atoms with van der Waals surface area (Å²) in [5.41, 5.74) is 0.897. The number of benzene rings is 1. The molecule has 24 nitrogen and oxygen atoms in total. The van der Waals surface area contributed by atoms with Gasteiger partial charge in [0.25, 0.3) is 6.47 Å². The third-order valence-electron chi connectivity index (χ3n) is 11.1. The van der Waals surface area contributed by atoms with Gasteiger partial charge in [0, 0.05) is 12.8 Å². The van der Waals surface area contributed by atoms with E-state index < -0.39 is 167 Å². The summed E-state index contributed by atoms with van der Waals surface area (Å²) in [6.45, 7) is 0.388. The number of hydrogen-bond acceptors (Lipinski definition) is 23. The molecule has 0 radical (unpaired) electrons. The predicted octanol–water partition coefficient (Wildman–Crippen LogP) is -6.68. The molecule has 5 rings (SSSR count). The molecule has 0 spiro atoms. The van der Waals surface area contributed by atoms with Gasteiger partial charge in [0.2, 0.25) is 12.2 Å². The molecule has 4 aliphatic rings. The molecular weight excluding hydrogens is 826 g/mol. The van der Waals surface area contributed by atoms with Crippen molar-refractivity contribution in [2.75, 3.05) is 26.4 Å². The Hall–Kier alpha value is -2.80. The summed E-state index contributed by atoms with van der Waals surface area (Å²) in [7, 11) is 0. The third kappa shape index (κ3) is 10.9. The normalized spacial score (nSPS) is 42.9. The van der Waals surface area contributed by atoms with E-state index in [9.17, 15) is 70.9 Å². The molecule has 24 heteroatoms. The predicted molar refractivity (Wildman–Crippen MR) is 195 cm³/mol. The van der Waals surface area contributed by atoms with Crippen LogP contribution in [0.15, 0.2) is 24.3 Å². The second-order valence-corrected chi connectivity index (χ2v) is 15.4. The van der Waals surface area contributed by atoms with E-state index >= 15 is 0 Å². The zero-order valence-electron chi connectivity index (χ0n) is 33.3. The van der Waals surface area contributed by atoms with Crippen LogP contribution in [0.2, 0.25) is 0 Å². The van der Waals surface area contributed by atoms with E-state index in [1.165, 1.54) is 6.92 Å². The first-order chi connectivity index (χ1) is 28.9. The number of ether oxygens (including phenoxy) is 9. The average molecular weight is 884 g/mol. The Kier molecular flexibility index (Phi) is 17.1. The Balaban J connectivity index is 1.51. The molecule has 21 atom stereocenters. The molecule has 0 saturated carbocycles. The largest absolute Gasteiger partial charge is 0.462 e. The molecule has 1 aromatic carbocycles. The van der Waals surface area contributed by atoms with Gasteiger partial charge >= 0.3 is 5.97 Å². The van der Waals surface area contributed by atoms with Crippen molar-refractivity contribution in [3.63, 3.8) is 0 Å². The van der Waals surface area contributed by atoms with Crippen molar-refractivity contribution >= 4 is 12.4 Å². The molecule has 4 saturated heterocycles. The number of aryl methyl sites for hydroxylation is 1. The Labute approximate surface area is 348 Å². The van der Waals surface area contributed by atoms with Gasteiger partial charge in [-0.1, -0.05) is 24.6 Å². The van der Waals surface area contributed by atoms with Gasteiger partial charge in [0.1, 0.15) is 91.1 Å². The van der Waals surface area contributed by atoms with E-state index in [0.717, 1.165) is 12.5 Å². The summed E-state index contributed by atoms with van der Waals surface area (Å²) in [5.74, 6) is -4.33. The molecule has 1 amide bonds. The van der Waals surface area contributed by atoms with Crippen molar-refractivity contribution in [2.45, 2.75) is 150 Å². The van der Waals surface area contributed by atoms with Gasteiger partial charge in [-0.25, -0.2) is 0 Å². The minimum atomic E-state index is -2.80. The fraction of sp³-hybridized carbons (Fsp3) is 0.784. The van der Waals surface area contributed by atoms with Crippen molar-refractivity contribution in [1.29, 1.82) is 0 Å². The summed E-state index contributed by atoms with van der Waals surface area (Å²) in [5, 5.41) is 131. The summed E-state index contributed by atoms with van der Waals surface area (Å²) in [6, 6.07) is 4.98. The zero-order chi connectivity index (χ0) is 44.9. The number of rotatable bonds is 17. The fourth-order valence-corrected chi connectivity index (χ4v) is 7.61. The number of carbonyl (C=O) groups is 2. The first kappa shape index (κ1) is 49.2. The van der Waals surface area contributed by atoms with Crippen LogP contribution in [0.1, 0.15) is 25.8 Å². The van der Waals surface area contributed by atoms with E-state index in [0.29, 0.717) is 0 Å². The molecule has 0 aliphatic carbocycles. The lowest BCUT2D eigenvalue weighted by Gasteiger charge is -2.52. The molecule has 0 aromatic heterocycles. The van der Waals surface area contributed by atoms with Crippen LogP contribution in [-0.4, -0.2) is 223 Å². The highest BCUT2D eigenvalue weighted by molar-refractivity contribution is 5.73. The van der Waals surface area contributed by atoms with E-state index in [1.54, 1.807) is 24.3 Å². The molecule has 4 aliphatic heterocycles. The molecule has 13 N–H and O–H groups in total. The van der Waals surface area contributed by atoms with E-state index in [1.807, 2.05) is 6.92 Å². The van der Waals surface area contributed by atoms with Crippen LogP contribution in [0.4, 0.5) is 0 Å². The van der Waals surface area contributed by atoms with Crippen molar-refractivity contribution in [2.24, 2.45) is 5.92 Å². The highest BCUT2D eigenvalue weighted by Crippen LogP contribution is 2.41. The van der Waals surface area contributed by atoms with Crippen LogP contribution in [0, 0.1) is 12.8 Å². The summed E-state index contributed by atoms with van der Waals surface area (Å²) in [6.07, 6.45) is -33.2. The van der Waals surface area contributed by atoms with Gasteiger partial charge < -0.3 is 109 Å². The van der Waals surface area contributed by atoms with Gasteiger partial charge in [-0.2, -0.15) is 0 Å². The number of nitrogens with one attached hydrogen (secondary N) is 1. The van der Waals surface area contributed by atoms with E-state index in [4.69, 9.17) is 42.6 Å². The first-order valence-electron chi connectivity index (χ1n) is 19.6. The minimum absolute atomic E-state index is 0.174. The highest BCUT2D eigenvalue weighted by Gasteiger charge is 2.59. The van der Waals surface area contributed by atoms with Crippen LogP contribution >= 0.6 is 0 Å². The monoisotopic (exact) mass is 883 g/mol. The quantitative estimate of drug-likeness (QED) is 0.0511. The number of aliphatic hydroxyl groups excluding tert-OH is 12. The number of amides is 1. The zero-order valence-corrected chi connectivity index (χ0v) is 33.3. The van der Waals surface area contributed by atoms with Crippen LogP contribution in [0.3, 0.4) is 0 Å². The maximum absolute atomic E-state index is 12.2. The molecular formula is C37H57NO23. The van der Waals surface area contributed by atoms with Crippen LogP contribution in [0.25, 0.3) is 0 Å². The lowest BCUT2D eigenvalue weighted by Crippen LogP contribution is -2.70. The highest BCUT2D eigenvalue weighted by atomic mass is 16.9. The maximum Gasteiger partial charge on any atom is 0.332 e. The van der Waals surface area contributed by atoms with Crippen molar-refractivity contribution in [1.82, 2.24) is 5.32 Å². The molecule has 4 fully saturated rings. The fourth-order valence-electron chi connectivity index (χ4n) is 7.61. The summed E-state index contributed by atoms with van der Waals surface area (Å²) >= 11 is 0.